The third-order valence-electron chi connectivity index (χ3n) is 6.99. The topological polar surface area (TPSA) is 100 Å². The van der Waals surface area contributed by atoms with Crippen molar-refractivity contribution in [3.63, 3.8) is 0 Å². The molecule has 0 saturated heterocycles. The zero-order chi connectivity index (χ0) is 27.4. The molecule has 4 amide bonds. The van der Waals surface area contributed by atoms with Gasteiger partial charge in [0, 0.05) is 50.5 Å². The van der Waals surface area contributed by atoms with E-state index in [1.165, 1.54) is 18.2 Å². The van der Waals surface area contributed by atoms with Gasteiger partial charge in [0.15, 0.2) is 0 Å². The average Bonchev–Trinajstić information content (AvgIpc) is 3.73. The molecule has 9 nitrogen and oxygen atoms in total. The Hall–Kier alpha value is -3.66. The van der Waals surface area contributed by atoms with Crippen LogP contribution in [0.4, 0.5) is 20.6 Å². The summed E-state index contributed by atoms with van der Waals surface area (Å²) in [5, 5.41) is 5.25. The van der Waals surface area contributed by atoms with Crippen LogP contribution in [0.25, 0.3) is 0 Å². The molecule has 0 aromatic heterocycles. The fraction of sp³-hybridized carbons (Fsp3) is 0.464. The van der Waals surface area contributed by atoms with Crippen LogP contribution in [0.5, 0.6) is 5.75 Å². The Morgan fingerprint density at radius 3 is 2.42 bits per heavy atom. The van der Waals surface area contributed by atoms with Crippen LogP contribution in [0.3, 0.4) is 0 Å². The van der Waals surface area contributed by atoms with Gasteiger partial charge in [-0.15, -0.1) is 0 Å². The fourth-order valence-electron chi connectivity index (χ4n) is 4.59. The fourth-order valence-corrected chi connectivity index (χ4v) is 4.59. The predicted molar refractivity (Wildman–Crippen MR) is 142 cm³/mol. The maximum Gasteiger partial charge on any atom is 0.323 e. The summed E-state index contributed by atoms with van der Waals surface area (Å²) in [5.41, 5.74) is 0.934. The van der Waals surface area contributed by atoms with Gasteiger partial charge < -0.3 is 29.9 Å². The lowest BCUT2D eigenvalue weighted by Gasteiger charge is -2.36. The Kier molecular flexibility index (Phi) is 8.51. The number of carbonyl (C=O) groups is 3. The second-order valence-electron chi connectivity index (χ2n) is 10.2. The van der Waals surface area contributed by atoms with Gasteiger partial charge >= 0.3 is 6.03 Å². The van der Waals surface area contributed by atoms with E-state index in [2.05, 4.69) is 10.6 Å². The molecule has 4 rings (SSSR count). The molecule has 0 unspecified atom stereocenters. The van der Waals surface area contributed by atoms with Gasteiger partial charge in [-0.05, 0) is 56.2 Å². The molecule has 38 heavy (non-hydrogen) atoms. The van der Waals surface area contributed by atoms with Crippen molar-refractivity contribution < 1.29 is 28.2 Å². The molecule has 0 bridgehead atoms. The molecular formula is C28H35FN4O5. The minimum absolute atomic E-state index is 0.0150. The van der Waals surface area contributed by atoms with Crippen molar-refractivity contribution in [3.05, 3.63) is 53.8 Å². The number of nitrogens with zero attached hydrogens (tertiary/aromatic N) is 2. The van der Waals surface area contributed by atoms with E-state index >= 15 is 0 Å². The van der Waals surface area contributed by atoms with Crippen molar-refractivity contribution in [2.75, 3.05) is 44.5 Å². The molecule has 1 aliphatic heterocycles. The number of fused-ring (bicyclic) bond motifs is 1. The van der Waals surface area contributed by atoms with E-state index in [-0.39, 0.29) is 48.0 Å². The molecule has 0 radical (unpaired) electrons. The van der Waals surface area contributed by atoms with Crippen molar-refractivity contribution in [1.29, 1.82) is 0 Å². The number of urea groups is 1. The average molecular weight is 527 g/mol. The highest BCUT2D eigenvalue weighted by Crippen LogP contribution is 2.33. The number of hydrogen-bond acceptors (Lipinski definition) is 5. The Balaban J connectivity index is 1.58. The Bertz CT molecular complexity index is 1190. The molecule has 1 aliphatic carbocycles. The quantitative estimate of drug-likeness (QED) is 0.622. The molecule has 1 fully saturated rings. The molecule has 0 spiro atoms. The van der Waals surface area contributed by atoms with Crippen LogP contribution >= 0.6 is 0 Å². The minimum atomic E-state index is -0.582. The number of carbonyl (C=O) groups excluding carboxylic acids is 3. The summed E-state index contributed by atoms with van der Waals surface area (Å²) in [5.74, 6) is -0.216. The third kappa shape index (κ3) is 6.61. The highest BCUT2D eigenvalue weighted by molar-refractivity contribution is 6.02. The number of hydrogen-bond donors (Lipinski definition) is 2. The van der Waals surface area contributed by atoms with E-state index < -0.39 is 11.8 Å². The van der Waals surface area contributed by atoms with Crippen LogP contribution in [0.15, 0.2) is 42.5 Å². The second-order valence-corrected chi connectivity index (χ2v) is 10.2. The zero-order valence-electron chi connectivity index (χ0n) is 22.2. The standard InChI is InChI=1S/C28H35FN4O5/c1-17-14-33(26(34)19-8-9-19)18(2)16-38-24-11-10-22(13-23(24)27(35)32(3)15-25(17)37-4)31-28(36)30-21-7-5-6-20(29)12-21/h5-7,10-13,17-19,25H,8-9,14-16H2,1-4H3,(H2,30,31,36)/t17-,18+,25-/m1/s1. The van der Waals surface area contributed by atoms with E-state index in [4.69, 9.17) is 9.47 Å². The number of rotatable bonds is 4. The first-order valence-electron chi connectivity index (χ1n) is 12.9. The number of ether oxygens (including phenoxy) is 2. The first-order chi connectivity index (χ1) is 18.2. The van der Waals surface area contributed by atoms with Crippen molar-refractivity contribution >= 4 is 29.2 Å². The van der Waals surface area contributed by atoms with E-state index in [0.29, 0.717) is 30.2 Å². The molecule has 3 atom stereocenters. The van der Waals surface area contributed by atoms with Gasteiger partial charge in [-0.3, -0.25) is 9.59 Å². The molecule has 2 aromatic rings. The summed E-state index contributed by atoms with van der Waals surface area (Å²) in [4.78, 5) is 42.5. The van der Waals surface area contributed by atoms with Gasteiger partial charge in [0.1, 0.15) is 18.2 Å². The van der Waals surface area contributed by atoms with Crippen LogP contribution in [0.1, 0.15) is 37.0 Å². The van der Waals surface area contributed by atoms with Crippen LogP contribution in [-0.2, 0) is 9.53 Å². The maximum absolute atomic E-state index is 13.5. The maximum atomic E-state index is 13.5. The summed E-state index contributed by atoms with van der Waals surface area (Å²) in [6.07, 6.45) is 1.54. The van der Waals surface area contributed by atoms with Gasteiger partial charge in [-0.2, -0.15) is 0 Å². The molecule has 204 valence electrons. The highest BCUT2D eigenvalue weighted by atomic mass is 19.1. The van der Waals surface area contributed by atoms with Gasteiger partial charge in [-0.25, -0.2) is 9.18 Å². The Morgan fingerprint density at radius 2 is 1.76 bits per heavy atom. The molecule has 2 aliphatic rings. The first-order valence-corrected chi connectivity index (χ1v) is 12.9. The smallest absolute Gasteiger partial charge is 0.323 e. The SMILES string of the molecule is CO[C@@H]1CN(C)C(=O)c2cc(NC(=O)Nc3cccc(F)c3)ccc2OC[C@H](C)N(C(=O)C2CC2)C[C@H]1C. The third-order valence-corrected chi connectivity index (χ3v) is 6.99. The largest absolute Gasteiger partial charge is 0.491 e. The van der Waals surface area contributed by atoms with Crippen molar-refractivity contribution in [2.24, 2.45) is 11.8 Å². The van der Waals surface area contributed by atoms with Gasteiger partial charge in [0.25, 0.3) is 5.91 Å². The molecule has 2 N–H and O–H groups in total. The Morgan fingerprint density at radius 1 is 1.05 bits per heavy atom. The summed E-state index contributed by atoms with van der Waals surface area (Å²) in [7, 11) is 3.29. The number of nitrogens with one attached hydrogen (secondary N) is 2. The lowest BCUT2D eigenvalue weighted by atomic mass is 10.0. The summed E-state index contributed by atoms with van der Waals surface area (Å²) in [6, 6.07) is 9.56. The number of methoxy groups -OCH3 is 1. The van der Waals surface area contributed by atoms with Crippen molar-refractivity contribution in [3.8, 4) is 5.75 Å². The predicted octanol–water partition coefficient (Wildman–Crippen LogP) is 4.21. The molecule has 1 saturated carbocycles. The molecule has 1 heterocycles. The number of halogens is 1. The molecule has 10 heteroatoms. The van der Waals surface area contributed by atoms with Crippen molar-refractivity contribution in [1.82, 2.24) is 9.80 Å². The van der Waals surface area contributed by atoms with E-state index in [1.807, 2.05) is 18.7 Å². The van der Waals surface area contributed by atoms with E-state index in [1.54, 1.807) is 43.3 Å². The van der Waals surface area contributed by atoms with Crippen LogP contribution in [0.2, 0.25) is 0 Å². The number of benzene rings is 2. The highest BCUT2D eigenvalue weighted by Gasteiger charge is 2.37. The molecule has 2 aromatic carbocycles. The van der Waals surface area contributed by atoms with Crippen LogP contribution < -0.4 is 15.4 Å². The second kappa shape index (κ2) is 11.8. The monoisotopic (exact) mass is 526 g/mol. The lowest BCUT2D eigenvalue weighted by Crippen LogP contribution is -2.49. The number of likely N-dealkylation sites (N-methyl/N-ethyl adjacent to an activating group) is 1. The minimum Gasteiger partial charge on any atom is -0.491 e. The Labute approximate surface area is 222 Å². The van der Waals surface area contributed by atoms with Gasteiger partial charge in [0.05, 0.1) is 17.7 Å². The van der Waals surface area contributed by atoms with Crippen molar-refractivity contribution in [2.45, 2.75) is 38.8 Å². The van der Waals surface area contributed by atoms with E-state index in [9.17, 15) is 18.8 Å². The first kappa shape index (κ1) is 27.4. The zero-order valence-corrected chi connectivity index (χ0v) is 22.2. The number of anilines is 2. The molecular weight excluding hydrogens is 491 g/mol. The summed E-state index contributed by atoms with van der Waals surface area (Å²) >= 11 is 0. The van der Waals surface area contributed by atoms with Gasteiger partial charge in [-0.1, -0.05) is 13.0 Å². The van der Waals surface area contributed by atoms with Crippen LogP contribution in [0, 0.1) is 17.7 Å². The van der Waals surface area contributed by atoms with Crippen LogP contribution in [-0.4, -0.2) is 73.6 Å². The summed E-state index contributed by atoms with van der Waals surface area (Å²) in [6.45, 7) is 5.00. The lowest BCUT2D eigenvalue weighted by molar-refractivity contribution is -0.136. The summed E-state index contributed by atoms with van der Waals surface area (Å²) < 4.78 is 25.3. The van der Waals surface area contributed by atoms with Gasteiger partial charge in [0.2, 0.25) is 5.91 Å². The van der Waals surface area contributed by atoms with E-state index in [0.717, 1.165) is 12.8 Å². The number of amides is 4. The normalized spacial score (nSPS) is 22.4.